The summed E-state index contributed by atoms with van der Waals surface area (Å²) in [5.74, 6) is -1.00. The van der Waals surface area contributed by atoms with Crippen LogP contribution in [0.15, 0.2) is 52.3 Å². The van der Waals surface area contributed by atoms with Gasteiger partial charge in [-0.25, -0.2) is 4.79 Å². The lowest BCUT2D eigenvalue weighted by Gasteiger charge is -2.13. The molecule has 0 amide bonds. The Balaban J connectivity index is 2.38. The highest BCUT2D eigenvalue weighted by Crippen LogP contribution is 2.37. The molecule has 2 aromatic carbocycles. The van der Waals surface area contributed by atoms with Crippen LogP contribution >= 0.6 is 34.4 Å². The van der Waals surface area contributed by atoms with E-state index in [1.54, 1.807) is 0 Å². The van der Waals surface area contributed by atoms with E-state index in [9.17, 15) is 18.0 Å². The molecule has 0 spiro atoms. The van der Waals surface area contributed by atoms with Crippen molar-refractivity contribution in [2.45, 2.75) is 16.0 Å². The van der Waals surface area contributed by atoms with E-state index in [-0.39, 0.29) is 0 Å². The second-order valence-corrected chi connectivity index (χ2v) is 6.65. The van der Waals surface area contributed by atoms with Crippen LogP contribution in [0.5, 0.6) is 0 Å². The SMILES string of the molecule is COC(=O)c1ccc(Sc2ccc(I)cc2)cc1C(F)(F)F. The van der Waals surface area contributed by atoms with Crippen LogP contribution in [-0.4, -0.2) is 13.1 Å². The Hall–Kier alpha value is -1.22. The molecule has 0 saturated heterocycles. The minimum absolute atomic E-state index is 0.404. The molecule has 0 heterocycles. The van der Waals surface area contributed by atoms with E-state index >= 15 is 0 Å². The first-order valence-electron chi connectivity index (χ1n) is 6.04. The fourth-order valence-electron chi connectivity index (χ4n) is 1.75. The third-order valence-corrected chi connectivity index (χ3v) is 4.47. The Kier molecular flexibility index (Phi) is 5.38. The molecule has 0 aromatic heterocycles. The number of carbonyl (C=O) groups is 1. The number of ether oxygens (including phenoxy) is 1. The highest BCUT2D eigenvalue weighted by atomic mass is 127. The van der Waals surface area contributed by atoms with E-state index in [1.807, 2.05) is 24.3 Å². The highest BCUT2D eigenvalue weighted by Gasteiger charge is 2.35. The molecule has 0 saturated carbocycles. The Morgan fingerprint density at radius 3 is 2.23 bits per heavy atom. The molecule has 0 bridgehead atoms. The van der Waals surface area contributed by atoms with E-state index in [4.69, 9.17) is 0 Å². The number of methoxy groups -OCH3 is 1. The molecule has 0 aliphatic carbocycles. The van der Waals surface area contributed by atoms with E-state index in [0.717, 1.165) is 27.7 Å². The van der Waals surface area contributed by atoms with E-state index in [1.165, 1.54) is 17.8 Å². The van der Waals surface area contributed by atoms with Crippen molar-refractivity contribution >= 4 is 40.3 Å². The molecule has 0 N–H and O–H groups in total. The van der Waals surface area contributed by atoms with Crippen molar-refractivity contribution in [1.82, 2.24) is 0 Å². The maximum atomic E-state index is 13.1. The minimum Gasteiger partial charge on any atom is -0.465 e. The summed E-state index contributed by atoms with van der Waals surface area (Å²) < 4.78 is 44.7. The summed E-state index contributed by atoms with van der Waals surface area (Å²) in [7, 11) is 1.05. The fraction of sp³-hybridized carbons (Fsp3) is 0.133. The van der Waals surface area contributed by atoms with Gasteiger partial charge >= 0.3 is 12.1 Å². The molecule has 0 aliphatic rings. The smallest absolute Gasteiger partial charge is 0.417 e. The lowest BCUT2D eigenvalue weighted by molar-refractivity contribution is -0.138. The summed E-state index contributed by atoms with van der Waals surface area (Å²) in [6, 6.07) is 11.0. The Morgan fingerprint density at radius 1 is 1.09 bits per heavy atom. The molecule has 0 aliphatic heterocycles. The van der Waals surface area contributed by atoms with Crippen LogP contribution in [0.2, 0.25) is 0 Å². The lowest BCUT2D eigenvalue weighted by Crippen LogP contribution is -2.14. The number of esters is 1. The summed E-state index contributed by atoms with van der Waals surface area (Å²) in [5.41, 5.74) is -1.48. The molecule has 0 unspecified atom stereocenters. The second-order valence-electron chi connectivity index (χ2n) is 4.25. The van der Waals surface area contributed by atoms with Crippen molar-refractivity contribution in [3.8, 4) is 0 Å². The van der Waals surface area contributed by atoms with Crippen LogP contribution in [0.4, 0.5) is 13.2 Å². The Morgan fingerprint density at radius 2 is 1.68 bits per heavy atom. The van der Waals surface area contributed by atoms with Crippen molar-refractivity contribution in [3.05, 3.63) is 57.2 Å². The van der Waals surface area contributed by atoms with Gasteiger partial charge in [0.1, 0.15) is 0 Å². The van der Waals surface area contributed by atoms with Crippen LogP contribution in [0.3, 0.4) is 0 Å². The standard InChI is InChI=1S/C15H10F3IO2S/c1-21-14(20)12-7-6-11(8-13(12)15(16,17)18)22-10-4-2-9(19)3-5-10/h2-8H,1H3. The number of rotatable bonds is 3. The molecule has 2 nitrogen and oxygen atoms in total. The molecular formula is C15H10F3IO2S. The largest absolute Gasteiger partial charge is 0.465 e. The first kappa shape index (κ1) is 17.1. The maximum absolute atomic E-state index is 13.1. The first-order chi connectivity index (χ1) is 10.3. The number of benzene rings is 2. The third-order valence-electron chi connectivity index (χ3n) is 2.75. The summed E-state index contributed by atoms with van der Waals surface area (Å²) >= 11 is 3.35. The van der Waals surface area contributed by atoms with Crippen molar-refractivity contribution in [2.75, 3.05) is 7.11 Å². The van der Waals surface area contributed by atoms with Gasteiger partial charge in [-0.1, -0.05) is 11.8 Å². The molecule has 7 heteroatoms. The first-order valence-corrected chi connectivity index (χ1v) is 7.94. The molecule has 22 heavy (non-hydrogen) atoms. The summed E-state index contributed by atoms with van der Waals surface area (Å²) in [6.45, 7) is 0. The quantitative estimate of drug-likeness (QED) is 0.484. The molecule has 2 aromatic rings. The van der Waals surface area contributed by atoms with E-state index in [2.05, 4.69) is 27.3 Å². The van der Waals surface area contributed by atoms with Crippen LogP contribution in [-0.2, 0) is 10.9 Å². The number of alkyl halides is 3. The number of hydrogen-bond donors (Lipinski definition) is 0. The molecule has 0 atom stereocenters. The van der Waals surface area contributed by atoms with Gasteiger partial charge in [-0.15, -0.1) is 0 Å². The number of hydrogen-bond acceptors (Lipinski definition) is 3. The normalized spacial score (nSPS) is 11.3. The Bertz CT molecular complexity index is 684. The van der Waals surface area contributed by atoms with Gasteiger partial charge in [-0.3, -0.25) is 0 Å². The van der Waals surface area contributed by atoms with E-state index < -0.39 is 23.3 Å². The molecular weight excluding hydrogens is 428 g/mol. The zero-order valence-electron chi connectivity index (χ0n) is 11.3. The van der Waals surface area contributed by atoms with Crippen molar-refractivity contribution in [1.29, 1.82) is 0 Å². The molecule has 116 valence electrons. The van der Waals surface area contributed by atoms with Crippen molar-refractivity contribution in [3.63, 3.8) is 0 Å². The van der Waals surface area contributed by atoms with Gasteiger partial charge in [0.2, 0.25) is 0 Å². The highest BCUT2D eigenvalue weighted by molar-refractivity contribution is 14.1. The average Bonchev–Trinajstić information content (AvgIpc) is 2.48. The lowest BCUT2D eigenvalue weighted by atomic mass is 10.1. The fourth-order valence-corrected chi connectivity index (χ4v) is 2.96. The van der Waals surface area contributed by atoms with Crippen LogP contribution in [0, 0.1) is 3.57 Å². The number of carbonyl (C=O) groups excluding carboxylic acids is 1. The van der Waals surface area contributed by atoms with Gasteiger partial charge in [-0.05, 0) is 65.1 Å². The third kappa shape index (κ3) is 4.16. The predicted octanol–water partition coefficient (Wildman–Crippen LogP) is 5.25. The van der Waals surface area contributed by atoms with Gasteiger partial charge in [0, 0.05) is 13.4 Å². The molecule has 2 rings (SSSR count). The monoisotopic (exact) mass is 438 g/mol. The number of halogens is 4. The Labute approximate surface area is 143 Å². The van der Waals surface area contributed by atoms with Gasteiger partial charge in [0.25, 0.3) is 0 Å². The van der Waals surface area contributed by atoms with Gasteiger partial charge in [-0.2, -0.15) is 13.2 Å². The van der Waals surface area contributed by atoms with Gasteiger partial charge in [0.15, 0.2) is 0 Å². The average molecular weight is 438 g/mol. The zero-order chi connectivity index (χ0) is 16.3. The van der Waals surface area contributed by atoms with Crippen molar-refractivity contribution < 1.29 is 22.7 Å². The summed E-state index contributed by atoms with van der Waals surface area (Å²) in [5, 5.41) is 0. The minimum atomic E-state index is -4.62. The maximum Gasteiger partial charge on any atom is 0.417 e. The van der Waals surface area contributed by atoms with Gasteiger partial charge in [0.05, 0.1) is 18.2 Å². The summed E-state index contributed by atoms with van der Waals surface area (Å²) in [6.07, 6.45) is -4.62. The summed E-state index contributed by atoms with van der Waals surface area (Å²) in [4.78, 5) is 12.7. The second kappa shape index (κ2) is 6.91. The molecule has 0 fully saturated rings. The van der Waals surface area contributed by atoms with Gasteiger partial charge < -0.3 is 4.74 Å². The van der Waals surface area contributed by atoms with Crippen LogP contribution < -0.4 is 0 Å². The van der Waals surface area contributed by atoms with Crippen LogP contribution in [0.1, 0.15) is 15.9 Å². The topological polar surface area (TPSA) is 26.3 Å². The zero-order valence-corrected chi connectivity index (χ0v) is 14.3. The predicted molar refractivity (Wildman–Crippen MR) is 86.1 cm³/mol. The molecule has 0 radical (unpaired) electrons. The van der Waals surface area contributed by atoms with Crippen LogP contribution in [0.25, 0.3) is 0 Å². The van der Waals surface area contributed by atoms with E-state index in [0.29, 0.717) is 4.90 Å². The van der Waals surface area contributed by atoms with Crippen molar-refractivity contribution in [2.24, 2.45) is 0 Å².